The van der Waals surface area contributed by atoms with Crippen LogP contribution in [-0.2, 0) is 33.1 Å². The number of ether oxygens (including phenoxy) is 2. The van der Waals surface area contributed by atoms with Gasteiger partial charge in [0.15, 0.2) is 0 Å². The Morgan fingerprint density at radius 2 is 1.24 bits per heavy atom. The third kappa shape index (κ3) is 18.9. The second-order valence-electron chi connectivity index (χ2n) is 14.7. The van der Waals surface area contributed by atoms with Crippen molar-refractivity contribution in [3.05, 3.63) is 109 Å². The number of benzene rings is 4. The summed E-state index contributed by atoms with van der Waals surface area (Å²) in [6.07, 6.45) is 2.28. The van der Waals surface area contributed by atoms with Gasteiger partial charge in [-0.15, -0.1) is 10.2 Å². The Labute approximate surface area is 454 Å². The van der Waals surface area contributed by atoms with Gasteiger partial charge in [0, 0.05) is 60.0 Å². The van der Waals surface area contributed by atoms with Crippen molar-refractivity contribution in [2.24, 2.45) is 26.4 Å². The van der Waals surface area contributed by atoms with Crippen LogP contribution in [0, 0.1) is 12.8 Å². The Morgan fingerprint density at radius 3 is 1.73 bits per heavy atom. The molecule has 2 N–H and O–H groups in total. The van der Waals surface area contributed by atoms with Crippen LogP contribution in [0.5, 0.6) is 11.5 Å². The van der Waals surface area contributed by atoms with E-state index in [1.165, 1.54) is 24.3 Å². The molecule has 0 spiro atoms. The molecule has 1 heterocycles. The van der Waals surface area contributed by atoms with Crippen LogP contribution < -0.4 is 73.9 Å². The monoisotopic (exact) mass is 1050 g/mol. The average molecular weight is 1060 g/mol. The van der Waals surface area contributed by atoms with Crippen molar-refractivity contribution >= 4 is 95.3 Å². The Morgan fingerprint density at radius 1 is 0.716 bits per heavy atom. The number of hydrogen-bond donors (Lipinski definition) is 2. The maximum Gasteiger partial charge on any atom is 1.00 e. The maximum absolute atomic E-state index is 11.7. The summed E-state index contributed by atoms with van der Waals surface area (Å²) in [5, 5.41) is 30.4. The molecule has 0 saturated carbocycles. The van der Waals surface area contributed by atoms with E-state index in [1.54, 1.807) is 30.3 Å². The summed E-state index contributed by atoms with van der Waals surface area (Å²) >= 11 is 25.6. The van der Waals surface area contributed by atoms with Crippen molar-refractivity contribution < 1.29 is 99.6 Å². The second-order valence-corrected chi connectivity index (χ2v) is 19.2. The molecule has 0 fully saturated rings. The van der Waals surface area contributed by atoms with Gasteiger partial charge in [0.05, 0.1) is 54.7 Å². The standard InChI is InChI=1S/C42H46Cl4N8O9S2.2Na/c1-4-5-13-62-37-22-35(53-51-29-7-9-31(43)26(3)16-29)33(45)17-27(37)19-40-48-41(50-42(49-40)47-12-11-25(2)24-55)20-28-18-34(46)36(23-38(28)63-14-6-15-64(56,57)58)54-52-30-8-10-32(44)39(21-30)65(59,60)61;;/h7-10,16-18,21-23,25,55H,4-6,11-15,19-20,24H2,1-3H3,(H,56,57,58)(H,59,60,61)(H,47,48,49,50);;/q;2*+1/p-2. The molecule has 0 aliphatic carbocycles. The van der Waals surface area contributed by atoms with Crippen molar-refractivity contribution in [1.29, 1.82) is 0 Å². The van der Waals surface area contributed by atoms with Crippen LogP contribution in [-0.4, -0.2) is 78.1 Å². The molecule has 0 amide bonds. The predicted molar refractivity (Wildman–Crippen MR) is 247 cm³/mol. The summed E-state index contributed by atoms with van der Waals surface area (Å²) in [6.45, 7) is 6.46. The number of hydrogen-bond acceptors (Lipinski definition) is 17. The normalized spacial score (nSPS) is 12.2. The molecule has 25 heteroatoms. The van der Waals surface area contributed by atoms with Gasteiger partial charge >= 0.3 is 59.1 Å². The molecule has 5 aromatic rings. The first-order valence-corrected chi connectivity index (χ1v) is 24.6. The van der Waals surface area contributed by atoms with Crippen molar-refractivity contribution in [2.45, 2.75) is 64.2 Å². The zero-order valence-corrected chi connectivity index (χ0v) is 46.0. The van der Waals surface area contributed by atoms with Gasteiger partial charge in [-0.05, 0) is 86.2 Å². The van der Waals surface area contributed by atoms with Gasteiger partial charge in [-0.2, -0.15) is 20.2 Å². The number of nitrogens with one attached hydrogen (secondary N) is 1. The van der Waals surface area contributed by atoms with Crippen LogP contribution in [0.2, 0.25) is 20.1 Å². The Kier molecular flexibility index (Phi) is 24.3. The molecule has 348 valence electrons. The Bertz CT molecular complexity index is 2780. The van der Waals surface area contributed by atoms with E-state index in [2.05, 4.69) is 30.8 Å². The topological polar surface area (TPSA) is 253 Å². The third-order valence-electron chi connectivity index (χ3n) is 9.34. The van der Waals surface area contributed by atoms with Crippen molar-refractivity contribution in [3.8, 4) is 11.5 Å². The van der Waals surface area contributed by atoms with E-state index >= 15 is 0 Å². The van der Waals surface area contributed by atoms with E-state index in [0.717, 1.165) is 24.5 Å². The number of rotatable bonds is 23. The molecule has 1 aromatic heterocycles. The van der Waals surface area contributed by atoms with Crippen LogP contribution in [0.3, 0.4) is 0 Å². The van der Waals surface area contributed by atoms with E-state index in [-0.39, 0.29) is 136 Å². The summed E-state index contributed by atoms with van der Waals surface area (Å²) in [4.78, 5) is 13.5. The van der Waals surface area contributed by atoms with Crippen LogP contribution >= 0.6 is 46.4 Å². The fourth-order valence-corrected chi connectivity index (χ4v) is 7.85. The number of aryl methyl sites for hydroxylation is 1. The number of unbranched alkanes of at least 4 members (excludes halogenated alkanes) is 1. The first-order valence-electron chi connectivity index (χ1n) is 20.1. The van der Waals surface area contributed by atoms with Gasteiger partial charge < -0.3 is 29.0 Å². The van der Waals surface area contributed by atoms with E-state index < -0.39 is 30.9 Å². The Balaban J connectivity index is 0.00000595. The van der Waals surface area contributed by atoms with Crippen LogP contribution in [0.1, 0.15) is 67.9 Å². The Hall–Kier alpha value is -2.57. The zero-order chi connectivity index (χ0) is 47.3. The first-order chi connectivity index (χ1) is 30.8. The van der Waals surface area contributed by atoms with Crippen LogP contribution in [0.4, 0.5) is 28.7 Å². The quantitative estimate of drug-likeness (QED) is 0.0392. The summed E-state index contributed by atoms with van der Waals surface area (Å²) in [7, 11) is -9.45. The number of aliphatic hydroxyl groups is 1. The third-order valence-corrected chi connectivity index (χ3v) is 12.5. The molecule has 0 aliphatic heterocycles. The van der Waals surface area contributed by atoms with Crippen LogP contribution in [0.25, 0.3) is 0 Å². The minimum Gasteiger partial charge on any atom is -0.748 e. The molecule has 5 rings (SSSR count). The number of aromatic nitrogens is 3. The first kappa shape index (κ1) is 58.7. The summed E-state index contributed by atoms with van der Waals surface area (Å²) in [5.41, 5.74) is 2.92. The summed E-state index contributed by atoms with van der Waals surface area (Å²) in [5.74, 6) is 0.816. The fraction of sp³-hybridized carbons (Fsp3) is 0.357. The molecular weight excluding hydrogens is 1010 g/mol. The largest absolute Gasteiger partial charge is 1.00 e. The number of aliphatic hydroxyl groups excluding tert-OH is 1. The molecular formula is C42H44Cl4N8Na2O9S2. The van der Waals surface area contributed by atoms with Crippen molar-refractivity contribution in [3.63, 3.8) is 0 Å². The molecule has 0 bridgehead atoms. The van der Waals surface area contributed by atoms with E-state index in [4.69, 9.17) is 65.8 Å². The molecule has 67 heavy (non-hydrogen) atoms. The maximum atomic E-state index is 11.7. The van der Waals surface area contributed by atoms with Gasteiger partial charge in [-0.3, -0.25) is 0 Å². The summed E-state index contributed by atoms with van der Waals surface area (Å²) in [6, 6.07) is 15.1. The minimum atomic E-state index is -4.92. The van der Waals surface area contributed by atoms with Gasteiger partial charge in [0.2, 0.25) is 5.95 Å². The summed E-state index contributed by atoms with van der Waals surface area (Å²) < 4.78 is 81.3. The fourth-order valence-electron chi connectivity index (χ4n) is 5.84. The molecule has 0 radical (unpaired) electrons. The van der Waals surface area contributed by atoms with Gasteiger partial charge in [-0.1, -0.05) is 66.7 Å². The predicted octanol–water partition coefficient (Wildman–Crippen LogP) is 4.64. The molecule has 1 unspecified atom stereocenters. The number of halogens is 4. The van der Waals surface area contributed by atoms with Crippen molar-refractivity contribution in [1.82, 2.24) is 15.0 Å². The molecule has 17 nitrogen and oxygen atoms in total. The van der Waals surface area contributed by atoms with Gasteiger partial charge in [0.1, 0.15) is 44.6 Å². The van der Waals surface area contributed by atoms with Crippen molar-refractivity contribution in [2.75, 3.05) is 37.4 Å². The smallest absolute Gasteiger partial charge is 0.748 e. The molecule has 4 aromatic carbocycles. The number of azo groups is 2. The van der Waals surface area contributed by atoms with E-state index in [1.807, 2.05) is 20.8 Å². The van der Waals surface area contributed by atoms with Gasteiger partial charge in [0.25, 0.3) is 0 Å². The molecule has 1 atom stereocenters. The minimum absolute atomic E-state index is 0. The molecule has 0 aliphatic rings. The van der Waals surface area contributed by atoms with E-state index in [0.29, 0.717) is 63.7 Å². The van der Waals surface area contributed by atoms with Crippen LogP contribution in [0.15, 0.2) is 86.0 Å². The second kappa shape index (κ2) is 27.7. The SMILES string of the molecule is CCCCOc1cc(N=Nc2ccc(Cl)c(C)c2)c(Cl)cc1Cc1nc(Cc2cc(Cl)c(N=Nc3ccc(Cl)c(S(=O)(=O)[O-])c3)cc2OCCCS(=O)(=O)[O-])nc(NCCC(C)CO)n1.[Na+].[Na+]. The average Bonchev–Trinajstić information content (AvgIpc) is 3.23. The van der Waals surface area contributed by atoms with Gasteiger partial charge in [-0.25, -0.2) is 21.8 Å². The van der Waals surface area contributed by atoms with E-state index in [9.17, 15) is 31.0 Å². The number of nitrogens with zero attached hydrogens (tertiary/aromatic N) is 7. The zero-order valence-electron chi connectivity index (χ0n) is 37.3. The number of anilines is 1. The molecule has 0 saturated heterocycles.